The van der Waals surface area contributed by atoms with E-state index in [9.17, 15) is 40.9 Å². The van der Waals surface area contributed by atoms with Crippen LogP contribution in [-0.4, -0.2) is 169 Å². The average molecular weight is 1880 g/mol. The fourth-order valence-electron chi connectivity index (χ4n) is 9.56. The molecule has 3 fully saturated rings. The van der Waals surface area contributed by atoms with E-state index in [1.165, 1.54) is 61.4 Å². The first-order chi connectivity index (χ1) is 55.0. The van der Waals surface area contributed by atoms with Gasteiger partial charge in [0.05, 0.1) is 64.5 Å². The van der Waals surface area contributed by atoms with Gasteiger partial charge in [0, 0.05) is 108 Å². The summed E-state index contributed by atoms with van der Waals surface area (Å²) in [6.07, 6.45) is 22.6. The predicted octanol–water partition coefficient (Wildman–Crippen LogP) is 14.6. The number of benzene rings is 3. The summed E-state index contributed by atoms with van der Waals surface area (Å²) in [6, 6.07) is 32.4. The molecule has 3 aromatic carbocycles. The zero-order valence-corrected chi connectivity index (χ0v) is 85.0. The number of nitrogens with two attached hydrogens (primary N) is 2. The van der Waals surface area contributed by atoms with Crippen molar-refractivity contribution in [3.05, 3.63) is 197 Å². The molecule has 3 saturated carbocycles. The summed E-state index contributed by atoms with van der Waals surface area (Å²) in [5.41, 5.74) is 12.1. The fourth-order valence-corrected chi connectivity index (χ4v) is 12.1. The molecule has 0 spiro atoms. The molecular weight excluding hydrogens is 1740 g/mol. The smallest absolute Gasteiger partial charge is 1.00 e. The minimum atomic E-state index is -1.46. The van der Waals surface area contributed by atoms with Crippen molar-refractivity contribution in [2.75, 3.05) is 17.3 Å². The Labute approximate surface area is 778 Å². The Morgan fingerprint density at radius 1 is 0.648 bits per heavy atom. The summed E-state index contributed by atoms with van der Waals surface area (Å²) in [7, 11) is -3.21. The Bertz CT molecular complexity index is 4190. The van der Waals surface area contributed by atoms with Crippen molar-refractivity contribution in [3.8, 4) is 5.69 Å². The van der Waals surface area contributed by atoms with Gasteiger partial charge in [0.1, 0.15) is 30.6 Å². The van der Waals surface area contributed by atoms with Crippen molar-refractivity contribution >= 4 is 99.2 Å². The van der Waals surface area contributed by atoms with Crippen molar-refractivity contribution in [2.24, 2.45) is 27.3 Å². The molecule has 0 bridgehead atoms. The number of nitrogen functional groups attached to an aromatic ring is 1. The minimum Gasteiger partial charge on any atom is -1.00 e. The van der Waals surface area contributed by atoms with Crippen LogP contribution in [0.3, 0.4) is 0 Å². The quantitative estimate of drug-likeness (QED) is 0.0100. The molecule has 11 N–H and O–H groups in total. The fraction of sp³-hybridized carbons (Fsp3) is 0.556. The summed E-state index contributed by atoms with van der Waals surface area (Å²) >= 11 is 0. The summed E-state index contributed by atoms with van der Waals surface area (Å²) in [5, 5.41) is 53.4. The topological polar surface area (TPSA) is 361 Å². The van der Waals surface area contributed by atoms with Gasteiger partial charge < -0.3 is 62.9 Å². The van der Waals surface area contributed by atoms with Crippen LogP contribution < -0.4 is 42.5 Å². The van der Waals surface area contributed by atoms with Crippen LogP contribution in [0.2, 0.25) is 19.6 Å². The normalized spacial score (nSPS) is 14.1. The summed E-state index contributed by atoms with van der Waals surface area (Å²) < 4.78 is 78.3. The zero-order valence-electron chi connectivity index (χ0n) is 77.0. The number of amides is 1. The van der Waals surface area contributed by atoms with Crippen molar-refractivity contribution in [3.63, 3.8) is 0 Å². The maximum atomic E-state index is 13.8. The molecule has 23 nitrogen and oxygen atoms in total. The van der Waals surface area contributed by atoms with Crippen LogP contribution in [0.1, 0.15) is 264 Å². The summed E-state index contributed by atoms with van der Waals surface area (Å²) in [5.74, 6) is 1.00. The summed E-state index contributed by atoms with van der Waals surface area (Å²) in [6.45, 7) is 44.9. The van der Waals surface area contributed by atoms with Gasteiger partial charge in [-0.1, -0.05) is 76.4 Å². The third-order valence-electron chi connectivity index (χ3n) is 16.6. The Morgan fingerprint density at radius 3 is 1.51 bits per heavy atom. The minimum absolute atomic E-state index is 0. The second-order valence-corrected chi connectivity index (χ2v) is 46.1. The molecule has 3 aliphatic rings. The number of hydrogen-bond donors (Lipinski definition) is 9. The number of aliphatic hydroxyl groups is 4. The van der Waals surface area contributed by atoms with Gasteiger partial charge in [0.25, 0.3) is 0 Å². The number of carboxylic acid groups (broad SMARTS) is 1. The van der Waals surface area contributed by atoms with Crippen LogP contribution in [0, 0.1) is 42.4 Å². The number of hydrogen-bond acceptors (Lipinski definition) is 17. The largest absolute Gasteiger partial charge is 2.00 e. The van der Waals surface area contributed by atoms with E-state index in [1.54, 1.807) is 175 Å². The number of ether oxygens (including phenoxy) is 1. The third kappa shape index (κ3) is 54.3. The molecule has 122 heavy (non-hydrogen) atoms. The number of aliphatic hydroxyl groups excluding tert-OH is 4. The van der Waals surface area contributed by atoms with E-state index in [2.05, 4.69) is 60.2 Å². The molecule has 7 aromatic rings. The Morgan fingerprint density at radius 2 is 1.10 bits per heavy atom. The number of carbonyl (C=O) groups is 3. The van der Waals surface area contributed by atoms with Gasteiger partial charge in [-0.25, -0.2) is 40.4 Å². The predicted molar refractivity (Wildman–Crippen MR) is 493 cm³/mol. The van der Waals surface area contributed by atoms with Gasteiger partial charge in [-0.2, -0.15) is 27.7 Å². The number of carboxylic acids is 1. The number of carbonyl (C=O) groups excluding carboxylic acids is 2. The van der Waals surface area contributed by atoms with Gasteiger partial charge in [-0.05, 0) is 297 Å². The summed E-state index contributed by atoms with van der Waals surface area (Å²) in [4.78, 5) is 46.6. The van der Waals surface area contributed by atoms with Crippen LogP contribution in [-0.2, 0) is 71.5 Å². The van der Waals surface area contributed by atoms with Gasteiger partial charge in [-0.3, -0.25) is 24.9 Å². The van der Waals surface area contributed by atoms with Gasteiger partial charge in [0.2, 0.25) is 0 Å². The number of anilines is 2. The molecule has 0 saturated heterocycles. The Hall–Kier alpha value is -5.75. The van der Waals surface area contributed by atoms with Crippen molar-refractivity contribution in [1.82, 2.24) is 34.8 Å². The van der Waals surface area contributed by atoms with Gasteiger partial charge in [0.15, 0.2) is 11.5 Å². The van der Waals surface area contributed by atoms with E-state index in [0.29, 0.717) is 29.4 Å². The molecule has 10 rings (SSSR count). The van der Waals surface area contributed by atoms with E-state index in [-0.39, 0.29) is 125 Å². The van der Waals surface area contributed by atoms with Gasteiger partial charge >= 0.3 is 35.1 Å². The molecule has 32 heteroatoms. The first-order valence-electron chi connectivity index (χ1n) is 40.6. The molecule has 3 aliphatic carbocycles. The second-order valence-electron chi connectivity index (χ2n) is 35.4. The van der Waals surface area contributed by atoms with E-state index in [1.807, 2.05) is 104 Å². The Balaban J connectivity index is -0.00000138. The number of rotatable bonds is 22. The molecular formula is C90H142BrF2MgN11O12S3SiTi. The molecule has 4 atom stereocenters. The second kappa shape index (κ2) is 59.3. The zero-order chi connectivity index (χ0) is 91.0. The number of nitrogens with zero attached hydrogens (tertiary/aromatic N) is 7. The number of ketones is 1. The number of nitrogens with one attached hydrogen (secondary N) is 2. The van der Waals surface area contributed by atoms with Gasteiger partial charge in [-0.15, -0.1) is 6.07 Å². The maximum absolute atomic E-state index is 13.8. The Kier molecular flexibility index (Phi) is 58.5. The van der Waals surface area contributed by atoms with Crippen LogP contribution in [0.4, 0.5) is 25.0 Å². The van der Waals surface area contributed by atoms with Crippen LogP contribution >= 0.6 is 0 Å². The number of aromatic nitrogens is 5. The molecule has 4 unspecified atom stereocenters. The first kappa shape index (κ1) is 120. The average Bonchev–Trinajstić information content (AvgIpc) is 0.971. The van der Waals surface area contributed by atoms with E-state index in [0.717, 1.165) is 77.5 Å². The molecule has 4 heterocycles. The van der Waals surface area contributed by atoms with Crippen LogP contribution in [0.15, 0.2) is 145 Å². The molecule has 0 radical (unpaired) electrons. The number of halogens is 3. The van der Waals surface area contributed by atoms with E-state index < -0.39 is 75.0 Å². The number of pyridine rings is 3. The first-order valence-corrected chi connectivity index (χ1v) is 47.6. The van der Waals surface area contributed by atoms with Crippen molar-refractivity contribution in [1.29, 1.82) is 0 Å². The van der Waals surface area contributed by atoms with Crippen molar-refractivity contribution in [2.45, 2.75) is 298 Å². The molecule has 4 aromatic heterocycles. The standard InChI is InChI=1S/C21H28FN3OS.C17H21N3O4.C15H22N2OS.C11H13NO.C10H15FNSi.C4H11NOS.4C3H8O.BrH.Mg.Ti/c1-20(2,3)27(26)25-21(11-8-15-4-5-15,16-9-12-24-13-10-16)17-6-7-18(22)19(23)14-17;1-11-8-14(15(21)22)20(19-11)13-7-5-6-12(9-13)10-18-16(23)24-17(2,3)4;1-15(2,3)19(18)17-14(7-6-12-4-5-12)13-8-10-16-11-9-13;13-11(4-3-9-1-2-9)10-5-7-12-8-6-10;1-12(13(2,3)4)10-8-6-5-7-9(10)11;1-4(2,3)7(5)6;4*1-3(2)4;;;/h6-7,9-10,12-15,25H,4-5,8,11,23H2,1-3H3;5-9H,10H2,1-4H3,(H,18,23)(H,21,22);8-12H,4-7H2,1-3H3;5-9H,1-4H2;5,7-8H,1-4H3;5H2,1-3H3;4*3-4H,1-2H3;1H;;/q;;;;-1;;;;;;;+2;/p-1. The van der Waals surface area contributed by atoms with Crippen LogP contribution in [0.5, 0.6) is 0 Å². The number of Topliss-reactive ketones (excluding diaryl/α,β-unsaturated/α-hetero) is 1. The van der Waals surface area contributed by atoms with Crippen LogP contribution in [0.25, 0.3) is 5.69 Å². The monoisotopic (exact) mass is 1880 g/mol. The number of alkyl carbamates (subject to hydrolysis) is 1. The number of aryl methyl sites for hydroxylation is 1. The van der Waals surface area contributed by atoms with E-state index in [4.69, 9.17) is 36.0 Å². The molecule has 0 aliphatic heterocycles. The maximum Gasteiger partial charge on any atom is 2.00 e. The molecule has 678 valence electrons. The van der Waals surface area contributed by atoms with Crippen molar-refractivity contribution < 1.29 is 105 Å². The molecule has 1 amide bonds. The third-order valence-corrected chi connectivity index (χ3v) is 23.1. The number of aromatic carboxylic acids is 1. The SMILES string of the molecule is CC(C)(C)S(=O)N=C(CCC1CC1)c1ccncc1.CC(C)(C)S(=O)NC(CCC1CC1)(c1ccncc1)c1ccc(F)c(N)c1.CC(C)(C)S(N)=O.CC(C)O.CC(C)O.CC(C)O.CC(C)O.CN(c1c[c-]ccc1F)[Si](C)(C)C.Cc1cc(C(=O)O)n(-c2cccc(CNC(=O)OC(C)(C)C)c2)n1.O=C(CCC1CC1)c1ccncc1.[Br-].[Mg+2].[Ti]. The van der Waals surface area contributed by atoms with E-state index >= 15 is 0 Å².